The minimum Gasteiger partial charge on any atom is -0.352 e. The maximum absolute atomic E-state index is 13.7. The van der Waals surface area contributed by atoms with E-state index in [4.69, 9.17) is 0 Å². The number of anilines is 3. The van der Waals surface area contributed by atoms with Gasteiger partial charge in [0, 0.05) is 49.8 Å². The molecule has 3 aliphatic rings. The molecule has 1 atom stereocenters. The fourth-order valence-electron chi connectivity index (χ4n) is 5.25. The molecular formula is C29H28FN7. The monoisotopic (exact) mass is 493 g/mol. The lowest BCUT2D eigenvalue weighted by Crippen LogP contribution is -2.22. The average Bonchev–Trinajstić information content (AvgIpc) is 3.54. The van der Waals surface area contributed by atoms with Crippen LogP contribution in [0.2, 0.25) is 0 Å². The summed E-state index contributed by atoms with van der Waals surface area (Å²) in [5, 5.41) is 13.0. The number of rotatable bonds is 6. The molecule has 0 unspecified atom stereocenters. The highest BCUT2D eigenvalue weighted by Gasteiger charge is 2.25. The van der Waals surface area contributed by atoms with E-state index >= 15 is 0 Å². The van der Waals surface area contributed by atoms with Crippen LogP contribution in [0.5, 0.6) is 0 Å². The molecule has 1 N–H and O–H groups in total. The van der Waals surface area contributed by atoms with Gasteiger partial charge < -0.3 is 10.2 Å². The Kier molecular flexibility index (Phi) is 6.37. The van der Waals surface area contributed by atoms with Gasteiger partial charge in [0.05, 0.1) is 17.8 Å². The Balaban J connectivity index is 1.16. The van der Waals surface area contributed by atoms with Gasteiger partial charge >= 0.3 is 0 Å². The summed E-state index contributed by atoms with van der Waals surface area (Å²) in [6.07, 6.45) is 12.1. The van der Waals surface area contributed by atoms with Crippen LogP contribution < -0.4 is 10.2 Å². The molecule has 186 valence electrons. The van der Waals surface area contributed by atoms with Crippen molar-refractivity contribution >= 4 is 17.5 Å². The lowest BCUT2D eigenvalue weighted by atomic mass is 10.1. The number of aromatic nitrogens is 3. The van der Waals surface area contributed by atoms with E-state index in [9.17, 15) is 9.65 Å². The zero-order valence-corrected chi connectivity index (χ0v) is 20.6. The van der Waals surface area contributed by atoms with Gasteiger partial charge in [-0.1, -0.05) is 24.3 Å². The molecule has 0 bridgehead atoms. The number of nitrogens with one attached hydrogen (secondary N) is 1. The summed E-state index contributed by atoms with van der Waals surface area (Å²) in [5.74, 6) is 1.01. The number of halogens is 1. The molecule has 2 aromatic heterocycles. The highest BCUT2D eigenvalue weighted by molar-refractivity contribution is 5.67. The van der Waals surface area contributed by atoms with Gasteiger partial charge in [-0.2, -0.15) is 5.26 Å². The van der Waals surface area contributed by atoms with Crippen molar-refractivity contribution in [2.45, 2.75) is 38.5 Å². The smallest absolute Gasteiger partial charge is 0.227 e. The fraction of sp³-hybridized carbons (Fsp3) is 0.310. The molecule has 2 aliphatic heterocycles. The number of alkyl halides is 1. The van der Waals surface area contributed by atoms with Crippen molar-refractivity contribution in [2.75, 3.05) is 29.9 Å². The SMILES string of the molecule is N#Cc1cc(-c2ccnc(Nc3ccc4c(c3)CN(CC3=CCCC=C3)C4)n2)cnc1N1CC[C@H](F)C1. The Hall–Kier alpha value is -4.09. The Labute approximate surface area is 216 Å². The maximum atomic E-state index is 13.7. The number of allylic oxidation sites excluding steroid dienone is 2. The van der Waals surface area contributed by atoms with Crippen LogP contribution in [0.3, 0.4) is 0 Å². The topological polar surface area (TPSA) is 81.0 Å². The maximum Gasteiger partial charge on any atom is 0.227 e. The molecule has 1 fully saturated rings. The lowest BCUT2D eigenvalue weighted by molar-refractivity contribution is 0.311. The molecule has 37 heavy (non-hydrogen) atoms. The van der Waals surface area contributed by atoms with E-state index in [0.717, 1.165) is 43.7 Å². The van der Waals surface area contributed by atoms with Crippen LogP contribution in [0.1, 0.15) is 36.0 Å². The Bertz CT molecular complexity index is 1420. The van der Waals surface area contributed by atoms with Crippen molar-refractivity contribution in [1.82, 2.24) is 19.9 Å². The van der Waals surface area contributed by atoms with Gasteiger partial charge in [-0.05, 0) is 60.2 Å². The van der Waals surface area contributed by atoms with E-state index in [0.29, 0.717) is 36.0 Å². The van der Waals surface area contributed by atoms with Crippen molar-refractivity contribution in [3.63, 3.8) is 0 Å². The first-order chi connectivity index (χ1) is 18.1. The van der Waals surface area contributed by atoms with Crippen LogP contribution in [-0.2, 0) is 13.1 Å². The molecule has 3 aromatic rings. The number of nitrogens with zero attached hydrogens (tertiary/aromatic N) is 6. The Morgan fingerprint density at radius 3 is 2.84 bits per heavy atom. The summed E-state index contributed by atoms with van der Waals surface area (Å²) < 4.78 is 13.7. The number of nitriles is 1. The van der Waals surface area contributed by atoms with E-state index in [1.807, 2.05) is 4.90 Å². The van der Waals surface area contributed by atoms with Gasteiger partial charge in [0.1, 0.15) is 18.1 Å². The zero-order chi connectivity index (χ0) is 25.2. The van der Waals surface area contributed by atoms with Crippen LogP contribution in [0, 0.1) is 11.3 Å². The van der Waals surface area contributed by atoms with Gasteiger partial charge in [0.25, 0.3) is 0 Å². The van der Waals surface area contributed by atoms with Crippen LogP contribution >= 0.6 is 0 Å². The number of fused-ring (bicyclic) bond motifs is 1. The molecule has 4 heterocycles. The first-order valence-corrected chi connectivity index (χ1v) is 12.7. The standard InChI is InChI=1S/C29H28FN7/c30-25-9-11-37(19-25)28-22(14-31)12-23(15-33-28)27-8-10-32-29(35-27)34-26-7-6-21-17-36(18-24(21)13-26)16-20-4-2-1-3-5-20/h2,4-8,10,12-13,15,25H,1,3,9,11,16-19H2,(H,32,34,35)/t25-/m0/s1. The predicted octanol–water partition coefficient (Wildman–Crippen LogP) is 5.29. The van der Waals surface area contributed by atoms with Crippen LogP contribution in [0.4, 0.5) is 21.8 Å². The molecule has 7 nitrogen and oxygen atoms in total. The second-order valence-corrected chi connectivity index (χ2v) is 9.82. The van der Waals surface area contributed by atoms with Gasteiger partial charge in [0.2, 0.25) is 5.95 Å². The summed E-state index contributed by atoms with van der Waals surface area (Å²) in [5.41, 5.74) is 6.82. The van der Waals surface area contributed by atoms with Crippen molar-refractivity contribution < 1.29 is 4.39 Å². The molecule has 1 aliphatic carbocycles. The number of hydrogen-bond acceptors (Lipinski definition) is 7. The third kappa shape index (κ3) is 5.09. The molecule has 8 heteroatoms. The molecule has 1 aromatic carbocycles. The summed E-state index contributed by atoms with van der Waals surface area (Å²) in [4.78, 5) is 17.8. The third-order valence-corrected chi connectivity index (χ3v) is 7.10. The van der Waals surface area contributed by atoms with Crippen molar-refractivity contribution in [3.05, 3.63) is 83.2 Å². The lowest BCUT2D eigenvalue weighted by Gasteiger charge is -2.18. The minimum atomic E-state index is -0.878. The van der Waals surface area contributed by atoms with E-state index in [-0.39, 0.29) is 6.54 Å². The number of benzene rings is 1. The molecule has 0 amide bonds. The molecule has 0 spiro atoms. The second kappa shape index (κ2) is 10.1. The second-order valence-electron chi connectivity index (χ2n) is 9.82. The van der Waals surface area contributed by atoms with E-state index in [1.54, 1.807) is 24.5 Å². The first kappa shape index (κ1) is 23.3. The Morgan fingerprint density at radius 1 is 1.11 bits per heavy atom. The third-order valence-electron chi connectivity index (χ3n) is 7.10. The predicted molar refractivity (Wildman–Crippen MR) is 142 cm³/mol. The molecule has 0 radical (unpaired) electrons. The normalized spacial score (nSPS) is 19.0. The van der Waals surface area contributed by atoms with E-state index < -0.39 is 6.17 Å². The summed E-state index contributed by atoms with van der Waals surface area (Å²) in [6, 6.07) is 12.2. The van der Waals surface area contributed by atoms with E-state index in [2.05, 4.69) is 67.7 Å². The number of hydrogen-bond donors (Lipinski definition) is 1. The fourth-order valence-corrected chi connectivity index (χ4v) is 5.25. The zero-order valence-electron chi connectivity index (χ0n) is 20.6. The highest BCUT2D eigenvalue weighted by Crippen LogP contribution is 2.30. The average molecular weight is 494 g/mol. The quantitative estimate of drug-likeness (QED) is 0.499. The first-order valence-electron chi connectivity index (χ1n) is 12.7. The molecular weight excluding hydrogens is 465 g/mol. The highest BCUT2D eigenvalue weighted by atomic mass is 19.1. The van der Waals surface area contributed by atoms with Crippen LogP contribution in [0.25, 0.3) is 11.3 Å². The van der Waals surface area contributed by atoms with Crippen molar-refractivity contribution in [3.8, 4) is 17.3 Å². The van der Waals surface area contributed by atoms with Crippen molar-refractivity contribution in [1.29, 1.82) is 5.26 Å². The summed E-state index contributed by atoms with van der Waals surface area (Å²) in [6.45, 7) is 3.70. The molecule has 0 saturated carbocycles. The number of pyridine rings is 1. The molecule has 1 saturated heterocycles. The summed E-state index contributed by atoms with van der Waals surface area (Å²) >= 11 is 0. The van der Waals surface area contributed by atoms with Crippen LogP contribution in [-0.4, -0.2) is 45.7 Å². The van der Waals surface area contributed by atoms with Gasteiger partial charge in [-0.15, -0.1) is 0 Å². The van der Waals surface area contributed by atoms with Gasteiger partial charge in [0.15, 0.2) is 0 Å². The van der Waals surface area contributed by atoms with Crippen LogP contribution in [0.15, 0.2) is 66.5 Å². The van der Waals surface area contributed by atoms with E-state index in [1.165, 1.54) is 16.7 Å². The van der Waals surface area contributed by atoms with Crippen molar-refractivity contribution in [2.24, 2.45) is 0 Å². The molecule has 6 rings (SSSR count). The summed E-state index contributed by atoms with van der Waals surface area (Å²) in [7, 11) is 0. The van der Waals surface area contributed by atoms with Gasteiger partial charge in [-0.3, -0.25) is 4.90 Å². The largest absolute Gasteiger partial charge is 0.352 e. The minimum absolute atomic E-state index is 0.274. The van der Waals surface area contributed by atoms with Gasteiger partial charge in [-0.25, -0.2) is 19.3 Å². The Morgan fingerprint density at radius 2 is 2.03 bits per heavy atom.